The van der Waals surface area contributed by atoms with Crippen molar-refractivity contribution >= 4 is 17.4 Å². The maximum absolute atomic E-state index is 5.84. The van der Waals surface area contributed by atoms with Crippen molar-refractivity contribution in [2.24, 2.45) is 5.92 Å². The molecule has 0 saturated carbocycles. The van der Waals surface area contributed by atoms with Crippen LogP contribution >= 0.6 is 11.6 Å². The Morgan fingerprint density at radius 2 is 2.20 bits per heavy atom. The molecule has 0 spiro atoms. The number of nitrogens with one attached hydrogen (secondary N) is 1. The first-order valence-electron chi connectivity index (χ1n) is 4.86. The van der Waals surface area contributed by atoms with Gasteiger partial charge in [-0.2, -0.15) is 4.98 Å². The van der Waals surface area contributed by atoms with Crippen molar-refractivity contribution in [2.75, 3.05) is 18.3 Å². The lowest BCUT2D eigenvalue weighted by atomic mass is 10.1. The minimum absolute atomic E-state index is 0.188. The van der Waals surface area contributed by atoms with E-state index in [0.717, 1.165) is 0 Å². The summed E-state index contributed by atoms with van der Waals surface area (Å²) < 4.78 is 4.98. The lowest BCUT2D eigenvalue weighted by Crippen LogP contribution is -2.27. The smallest absolute Gasteiger partial charge is 0.233 e. The zero-order chi connectivity index (χ0) is 11.3. The van der Waals surface area contributed by atoms with Crippen molar-refractivity contribution < 1.29 is 4.74 Å². The fourth-order valence-electron chi connectivity index (χ4n) is 1.09. The van der Waals surface area contributed by atoms with Crippen LogP contribution in [0.1, 0.15) is 13.8 Å². The third-order valence-corrected chi connectivity index (χ3v) is 2.46. The summed E-state index contributed by atoms with van der Waals surface area (Å²) in [5.41, 5.74) is 0. The quantitative estimate of drug-likeness (QED) is 0.787. The molecular weight excluding hydrogens is 214 g/mol. The first kappa shape index (κ1) is 12.0. The van der Waals surface area contributed by atoms with E-state index < -0.39 is 0 Å². The van der Waals surface area contributed by atoms with Crippen LogP contribution in [0.3, 0.4) is 0 Å². The van der Waals surface area contributed by atoms with Crippen molar-refractivity contribution in [1.82, 2.24) is 9.97 Å². The Labute approximate surface area is 95.0 Å². The van der Waals surface area contributed by atoms with E-state index in [2.05, 4.69) is 29.1 Å². The number of rotatable bonds is 5. The highest BCUT2D eigenvalue weighted by Crippen LogP contribution is 2.13. The molecule has 4 nitrogen and oxygen atoms in total. The van der Waals surface area contributed by atoms with E-state index in [-0.39, 0.29) is 6.04 Å². The number of nitrogens with zero attached hydrogens (tertiary/aromatic N) is 2. The largest absolute Gasteiger partial charge is 0.480 e. The van der Waals surface area contributed by atoms with Crippen LogP contribution in [0.2, 0.25) is 0 Å². The van der Waals surface area contributed by atoms with Gasteiger partial charge in [-0.3, -0.25) is 4.98 Å². The molecule has 0 bridgehead atoms. The summed E-state index contributed by atoms with van der Waals surface area (Å²) in [6.07, 6.45) is 3.22. The molecule has 0 aliphatic rings. The van der Waals surface area contributed by atoms with Gasteiger partial charge in [0.05, 0.1) is 19.5 Å². The molecule has 0 saturated heterocycles. The summed E-state index contributed by atoms with van der Waals surface area (Å²) in [6.45, 7) is 4.21. The average Bonchev–Trinajstić information content (AvgIpc) is 2.25. The molecule has 5 heteroatoms. The summed E-state index contributed by atoms with van der Waals surface area (Å²) in [5, 5.41) is 3.22. The predicted molar refractivity (Wildman–Crippen MR) is 61.6 cm³/mol. The van der Waals surface area contributed by atoms with Crippen LogP contribution in [0.25, 0.3) is 0 Å². The van der Waals surface area contributed by atoms with Crippen LogP contribution in [-0.4, -0.2) is 29.0 Å². The van der Waals surface area contributed by atoms with E-state index in [1.54, 1.807) is 19.5 Å². The second-order valence-electron chi connectivity index (χ2n) is 3.60. The molecule has 1 unspecified atom stereocenters. The fourth-order valence-corrected chi connectivity index (χ4v) is 1.52. The van der Waals surface area contributed by atoms with Crippen molar-refractivity contribution in [3.8, 4) is 5.88 Å². The number of alkyl halides is 1. The Hall–Kier alpha value is -1.03. The van der Waals surface area contributed by atoms with Crippen LogP contribution in [0.5, 0.6) is 5.88 Å². The zero-order valence-corrected chi connectivity index (χ0v) is 9.95. The van der Waals surface area contributed by atoms with Gasteiger partial charge in [0.2, 0.25) is 5.88 Å². The average molecular weight is 230 g/mol. The Bertz CT molecular complexity index is 306. The summed E-state index contributed by atoms with van der Waals surface area (Å²) in [7, 11) is 1.56. The van der Waals surface area contributed by atoms with Crippen molar-refractivity contribution in [3.05, 3.63) is 12.4 Å². The second kappa shape index (κ2) is 5.75. The van der Waals surface area contributed by atoms with Gasteiger partial charge in [0.25, 0.3) is 0 Å². The monoisotopic (exact) mass is 229 g/mol. The standard InChI is InChI=1S/C10H16ClN3O/c1-7(2)8(4-11)13-9-5-12-6-10(14-9)15-3/h5-8H,4H2,1-3H3,(H,13,14). The van der Waals surface area contributed by atoms with Crippen LogP contribution < -0.4 is 10.1 Å². The van der Waals surface area contributed by atoms with Gasteiger partial charge in [0.15, 0.2) is 0 Å². The molecule has 0 amide bonds. The molecule has 0 aliphatic heterocycles. The highest BCUT2D eigenvalue weighted by atomic mass is 35.5. The van der Waals surface area contributed by atoms with E-state index in [0.29, 0.717) is 23.5 Å². The lowest BCUT2D eigenvalue weighted by molar-refractivity contribution is 0.396. The van der Waals surface area contributed by atoms with Crippen LogP contribution in [0, 0.1) is 5.92 Å². The van der Waals surface area contributed by atoms with Crippen LogP contribution in [-0.2, 0) is 0 Å². The van der Waals surface area contributed by atoms with Crippen molar-refractivity contribution in [3.63, 3.8) is 0 Å². The third-order valence-electron chi connectivity index (χ3n) is 2.13. The molecule has 84 valence electrons. The first-order valence-corrected chi connectivity index (χ1v) is 5.39. The molecule has 1 aromatic rings. The van der Waals surface area contributed by atoms with Gasteiger partial charge in [-0.05, 0) is 5.92 Å². The SMILES string of the molecule is COc1cncc(NC(CCl)C(C)C)n1. The molecule has 15 heavy (non-hydrogen) atoms. The van der Waals surface area contributed by atoms with Crippen molar-refractivity contribution in [2.45, 2.75) is 19.9 Å². The van der Waals surface area contributed by atoms with E-state index >= 15 is 0 Å². The van der Waals surface area contributed by atoms with E-state index in [4.69, 9.17) is 16.3 Å². The zero-order valence-electron chi connectivity index (χ0n) is 9.20. The summed E-state index contributed by atoms with van der Waals surface area (Å²) in [4.78, 5) is 8.22. The molecule has 1 N–H and O–H groups in total. The van der Waals surface area contributed by atoms with Crippen LogP contribution in [0.4, 0.5) is 5.82 Å². The number of aromatic nitrogens is 2. The van der Waals surface area contributed by atoms with E-state index in [1.807, 2.05) is 0 Å². The predicted octanol–water partition coefficient (Wildman–Crippen LogP) is 2.16. The summed E-state index contributed by atoms with van der Waals surface area (Å²) in [5.74, 6) is 2.16. The van der Waals surface area contributed by atoms with E-state index in [9.17, 15) is 0 Å². The highest BCUT2D eigenvalue weighted by molar-refractivity contribution is 6.18. The molecule has 0 radical (unpaired) electrons. The topological polar surface area (TPSA) is 47.0 Å². The van der Waals surface area contributed by atoms with Gasteiger partial charge in [0, 0.05) is 11.9 Å². The Balaban J connectivity index is 2.70. The number of anilines is 1. The maximum atomic E-state index is 5.84. The van der Waals surface area contributed by atoms with Crippen molar-refractivity contribution in [1.29, 1.82) is 0 Å². The Morgan fingerprint density at radius 1 is 1.47 bits per heavy atom. The minimum Gasteiger partial charge on any atom is -0.480 e. The summed E-state index contributed by atoms with van der Waals surface area (Å²) in [6, 6.07) is 0.188. The molecule has 1 rings (SSSR count). The molecule has 1 heterocycles. The Morgan fingerprint density at radius 3 is 2.73 bits per heavy atom. The normalized spacial score (nSPS) is 12.6. The fraction of sp³-hybridized carbons (Fsp3) is 0.600. The van der Waals surface area contributed by atoms with Gasteiger partial charge in [-0.1, -0.05) is 13.8 Å². The molecule has 1 atom stereocenters. The molecule has 1 aromatic heterocycles. The Kier molecular flexibility index (Phi) is 4.62. The van der Waals surface area contributed by atoms with Gasteiger partial charge >= 0.3 is 0 Å². The highest BCUT2D eigenvalue weighted by Gasteiger charge is 2.12. The molecule has 0 aliphatic carbocycles. The molecular formula is C10H16ClN3O. The number of halogens is 1. The maximum Gasteiger partial charge on any atom is 0.233 e. The number of hydrogen-bond acceptors (Lipinski definition) is 4. The molecule has 0 aromatic carbocycles. The first-order chi connectivity index (χ1) is 7.17. The van der Waals surface area contributed by atoms with Crippen LogP contribution in [0.15, 0.2) is 12.4 Å². The van der Waals surface area contributed by atoms with Gasteiger partial charge in [-0.25, -0.2) is 0 Å². The van der Waals surface area contributed by atoms with E-state index in [1.165, 1.54) is 0 Å². The minimum atomic E-state index is 0.188. The number of hydrogen-bond donors (Lipinski definition) is 1. The van der Waals surface area contributed by atoms with Gasteiger partial charge < -0.3 is 10.1 Å². The lowest BCUT2D eigenvalue weighted by Gasteiger charge is -2.20. The summed E-state index contributed by atoms with van der Waals surface area (Å²) >= 11 is 5.84. The number of methoxy groups -OCH3 is 1. The third kappa shape index (κ3) is 3.55. The number of ether oxygens (including phenoxy) is 1. The van der Waals surface area contributed by atoms with Gasteiger partial charge in [0.1, 0.15) is 5.82 Å². The van der Waals surface area contributed by atoms with Gasteiger partial charge in [-0.15, -0.1) is 11.6 Å². The molecule has 0 fully saturated rings. The second-order valence-corrected chi connectivity index (χ2v) is 3.90.